The number of para-hydroxylation sites is 1. The van der Waals surface area contributed by atoms with E-state index < -0.39 is 5.97 Å². The smallest absolute Gasteiger partial charge is 0.277 e. The summed E-state index contributed by atoms with van der Waals surface area (Å²) in [5, 5.41) is 11.1. The molecule has 0 saturated heterocycles. The largest absolute Gasteiger partial charge is 0.545 e. The topological polar surface area (TPSA) is 72.8 Å². The maximum Gasteiger partial charge on any atom is 0.277 e. The highest BCUT2D eigenvalue weighted by Gasteiger charge is 2.33. The zero-order valence-electron chi connectivity index (χ0n) is 14.6. The summed E-state index contributed by atoms with van der Waals surface area (Å²) in [6.45, 7) is 0.272. The highest BCUT2D eigenvalue weighted by atomic mass is 19.1. The van der Waals surface area contributed by atoms with E-state index in [4.69, 9.17) is 0 Å². The Labute approximate surface area is 160 Å². The van der Waals surface area contributed by atoms with Crippen molar-refractivity contribution >= 4 is 29.0 Å². The van der Waals surface area contributed by atoms with Crippen molar-refractivity contribution < 1.29 is 19.1 Å². The van der Waals surface area contributed by atoms with E-state index in [-0.39, 0.29) is 29.5 Å². The first-order valence-corrected chi connectivity index (χ1v) is 8.59. The summed E-state index contributed by atoms with van der Waals surface area (Å²) in [6, 6.07) is 19.1. The normalized spacial score (nSPS) is 14.4. The van der Waals surface area contributed by atoms with Crippen LogP contribution in [0, 0.1) is 5.82 Å². The summed E-state index contributed by atoms with van der Waals surface area (Å²) in [7, 11) is 0. The number of hydrogen-bond acceptors (Lipinski definition) is 4. The van der Waals surface area contributed by atoms with Gasteiger partial charge in [-0.25, -0.2) is 9.38 Å². The molecule has 1 aliphatic rings. The van der Waals surface area contributed by atoms with Gasteiger partial charge in [-0.15, -0.1) is 0 Å². The Morgan fingerprint density at radius 2 is 1.75 bits per heavy atom. The molecule has 3 aromatic carbocycles. The molecule has 0 aliphatic carbocycles. The van der Waals surface area contributed by atoms with Gasteiger partial charge in [0.25, 0.3) is 5.91 Å². The molecule has 3 aromatic rings. The Kier molecular flexibility index (Phi) is 4.45. The monoisotopic (exact) mass is 373 g/mol. The van der Waals surface area contributed by atoms with Crippen LogP contribution >= 0.6 is 0 Å². The van der Waals surface area contributed by atoms with Crippen LogP contribution < -0.4 is 10.0 Å². The van der Waals surface area contributed by atoms with Crippen molar-refractivity contribution in [2.45, 2.75) is 6.54 Å². The summed E-state index contributed by atoms with van der Waals surface area (Å²) < 4.78 is 13.2. The van der Waals surface area contributed by atoms with Gasteiger partial charge in [-0.1, -0.05) is 42.5 Å². The van der Waals surface area contributed by atoms with Crippen molar-refractivity contribution in [1.29, 1.82) is 0 Å². The van der Waals surface area contributed by atoms with Crippen LogP contribution in [0.25, 0.3) is 0 Å². The maximum atomic E-state index is 13.2. The van der Waals surface area contributed by atoms with Gasteiger partial charge >= 0.3 is 0 Å². The van der Waals surface area contributed by atoms with E-state index in [2.05, 4.69) is 4.99 Å². The number of hydrogen-bond donors (Lipinski definition) is 0. The lowest BCUT2D eigenvalue weighted by atomic mass is 10.1. The summed E-state index contributed by atoms with van der Waals surface area (Å²) in [5.74, 6) is -1.95. The molecule has 0 fully saturated rings. The summed E-state index contributed by atoms with van der Waals surface area (Å²) in [4.78, 5) is 30.1. The van der Waals surface area contributed by atoms with Crippen LogP contribution in [0.1, 0.15) is 21.5 Å². The molecule has 1 heterocycles. The van der Waals surface area contributed by atoms with Gasteiger partial charge in [0, 0.05) is 5.56 Å². The standard InChI is InChI=1S/C22H15FN2O3/c23-16-10-8-14(9-11-16)13-25-19-7-2-1-6-18(19)20(21(25)26)24-17-5-3-4-15(12-17)22(27)28/h1-12H,13H2,(H,27,28)/p-1. The quantitative estimate of drug-likeness (QED) is 0.706. The van der Waals surface area contributed by atoms with Crippen LogP contribution in [0.5, 0.6) is 0 Å². The number of aliphatic imine (C=N–C) groups is 1. The van der Waals surface area contributed by atoms with Crippen molar-refractivity contribution in [3.8, 4) is 0 Å². The second-order valence-electron chi connectivity index (χ2n) is 6.33. The van der Waals surface area contributed by atoms with Gasteiger partial charge in [-0.3, -0.25) is 4.79 Å². The zero-order chi connectivity index (χ0) is 19.7. The minimum absolute atomic E-state index is 0.0104. The SMILES string of the molecule is O=C([O-])c1cccc(N=C2C(=O)N(Cc3ccc(F)cc3)c3ccccc32)c1. The maximum absolute atomic E-state index is 13.2. The number of carboxylic acids is 1. The molecule has 0 N–H and O–H groups in total. The first-order chi connectivity index (χ1) is 13.5. The van der Waals surface area contributed by atoms with Crippen LogP contribution in [-0.2, 0) is 11.3 Å². The van der Waals surface area contributed by atoms with Crippen LogP contribution in [-0.4, -0.2) is 17.6 Å². The van der Waals surface area contributed by atoms with Gasteiger partial charge in [0.15, 0.2) is 0 Å². The van der Waals surface area contributed by atoms with Crippen molar-refractivity contribution in [1.82, 2.24) is 0 Å². The number of amides is 1. The number of carboxylic acid groups (broad SMARTS) is 1. The molecule has 0 atom stereocenters. The first-order valence-electron chi connectivity index (χ1n) is 8.59. The second-order valence-corrected chi connectivity index (χ2v) is 6.33. The Hall–Kier alpha value is -3.80. The second kappa shape index (κ2) is 7.08. The number of carbonyl (C=O) groups is 2. The number of aromatic carboxylic acids is 1. The Morgan fingerprint density at radius 3 is 2.50 bits per heavy atom. The predicted octanol–water partition coefficient (Wildman–Crippen LogP) is 2.86. The summed E-state index contributed by atoms with van der Waals surface area (Å²) in [5.41, 5.74) is 2.71. The highest BCUT2D eigenvalue weighted by molar-refractivity contribution is 6.54. The van der Waals surface area contributed by atoms with Crippen LogP contribution in [0.2, 0.25) is 0 Å². The predicted molar refractivity (Wildman–Crippen MR) is 101 cm³/mol. The molecule has 0 saturated carbocycles. The van der Waals surface area contributed by atoms with Crippen molar-refractivity contribution in [3.63, 3.8) is 0 Å². The molecule has 0 spiro atoms. The third-order valence-corrected chi connectivity index (χ3v) is 4.47. The zero-order valence-corrected chi connectivity index (χ0v) is 14.6. The van der Waals surface area contributed by atoms with Crippen molar-refractivity contribution in [2.24, 2.45) is 4.99 Å². The van der Waals surface area contributed by atoms with Crippen LogP contribution in [0.4, 0.5) is 15.8 Å². The molecule has 28 heavy (non-hydrogen) atoms. The van der Waals surface area contributed by atoms with Gasteiger partial charge in [-0.2, -0.15) is 0 Å². The van der Waals surface area contributed by atoms with E-state index in [1.54, 1.807) is 41.3 Å². The number of halogens is 1. The van der Waals surface area contributed by atoms with Crippen molar-refractivity contribution in [2.75, 3.05) is 4.90 Å². The molecule has 6 heteroatoms. The van der Waals surface area contributed by atoms with E-state index in [1.807, 2.05) is 12.1 Å². The average Bonchev–Trinajstić information content (AvgIpc) is 2.96. The number of fused-ring (bicyclic) bond motifs is 1. The van der Waals surface area contributed by atoms with E-state index in [9.17, 15) is 19.1 Å². The lowest BCUT2D eigenvalue weighted by molar-refractivity contribution is -0.255. The third kappa shape index (κ3) is 3.27. The van der Waals surface area contributed by atoms with Gasteiger partial charge in [0.05, 0.1) is 23.9 Å². The van der Waals surface area contributed by atoms with Crippen LogP contribution in [0.3, 0.4) is 0 Å². The number of anilines is 1. The van der Waals surface area contributed by atoms with Gasteiger partial charge in [-0.05, 0) is 41.5 Å². The molecule has 4 rings (SSSR count). The molecular formula is C22H14FN2O3-. The fourth-order valence-corrected chi connectivity index (χ4v) is 3.13. The highest BCUT2D eigenvalue weighted by Crippen LogP contribution is 2.32. The fourth-order valence-electron chi connectivity index (χ4n) is 3.13. The van der Waals surface area contributed by atoms with Gasteiger partial charge in [0.2, 0.25) is 0 Å². The number of nitrogens with zero attached hydrogens (tertiary/aromatic N) is 2. The van der Waals surface area contributed by atoms with Gasteiger partial charge < -0.3 is 14.8 Å². The van der Waals surface area contributed by atoms with Gasteiger partial charge in [0.1, 0.15) is 11.5 Å². The third-order valence-electron chi connectivity index (χ3n) is 4.47. The molecule has 1 amide bonds. The molecule has 0 radical (unpaired) electrons. The Bertz CT molecular complexity index is 1110. The Morgan fingerprint density at radius 1 is 1.00 bits per heavy atom. The van der Waals surface area contributed by atoms with E-state index in [0.29, 0.717) is 16.9 Å². The van der Waals surface area contributed by atoms with Crippen LogP contribution in [0.15, 0.2) is 77.8 Å². The average molecular weight is 373 g/mol. The molecule has 0 aromatic heterocycles. The number of benzene rings is 3. The number of rotatable bonds is 4. The lowest BCUT2D eigenvalue weighted by Crippen LogP contribution is -2.29. The summed E-state index contributed by atoms with van der Waals surface area (Å²) in [6.07, 6.45) is 0. The molecule has 0 unspecified atom stereocenters. The van der Waals surface area contributed by atoms with E-state index >= 15 is 0 Å². The fraction of sp³-hybridized carbons (Fsp3) is 0.0455. The minimum atomic E-state index is -1.31. The molecule has 138 valence electrons. The lowest BCUT2D eigenvalue weighted by Gasteiger charge is -2.16. The molecule has 0 bridgehead atoms. The molecular weight excluding hydrogens is 359 g/mol. The Balaban J connectivity index is 1.73. The molecule has 1 aliphatic heterocycles. The first kappa shape index (κ1) is 17.6. The van der Waals surface area contributed by atoms with E-state index in [1.165, 1.54) is 24.3 Å². The minimum Gasteiger partial charge on any atom is -0.545 e. The summed E-state index contributed by atoms with van der Waals surface area (Å²) >= 11 is 0. The number of carbonyl (C=O) groups excluding carboxylic acids is 2. The van der Waals surface area contributed by atoms with Crippen molar-refractivity contribution in [3.05, 3.63) is 95.3 Å². The molecule has 5 nitrogen and oxygen atoms in total. The van der Waals surface area contributed by atoms with E-state index in [0.717, 1.165) is 5.56 Å².